The minimum absolute atomic E-state index is 0.258. The molecule has 0 heteroatoms. The fraction of sp³-hybridized carbons (Fsp3) is 0.684. The van der Waals surface area contributed by atoms with E-state index < -0.39 is 0 Å². The molecule has 104 valence electrons. The van der Waals surface area contributed by atoms with Crippen LogP contribution in [0.4, 0.5) is 0 Å². The molecule has 3 rings (SSSR count). The minimum Gasteiger partial charge on any atom is -0.0561 e. The van der Waals surface area contributed by atoms with Crippen LogP contribution in [0.25, 0.3) is 0 Å². The second kappa shape index (κ2) is 3.65. The summed E-state index contributed by atoms with van der Waals surface area (Å²) >= 11 is 0. The average molecular weight is 256 g/mol. The van der Waals surface area contributed by atoms with Crippen molar-refractivity contribution in [2.45, 2.75) is 83.5 Å². The van der Waals surface area contributed by atoms with Crippen LogP contribution in [0.15, 0.2) is 12.1 Å². The zero-order chi connectivity index (χ0) is 14.1. The van der Waals surface area contributed by atoms with E-state index in [0.717, 1.165) is 0 Å². The molecule has 0 amide bonds. The van der Waals surface area contributed by atoms with Gasteiger partial charge in [-0.3, -0.25) is 0 Å². The highest BCUT2D eigenvalue weighted by molar-refractivity contribution is 5.52. The van der Waals surface area contributed by atoms with Crippen LogP contribution in [0.1, 0.15) is 83.1 Å². The van der Waals surface area contributed by atoms with Crippen molar-refractivity contribution in [1.29, 1.82) is 0 Å². The highest BCUT2D eigenvalue weighted by Crippen LogP contribution is 2.53. The van der Waals surface area contributed by atoms with Gasteiger partial charge in [0, 0.05) is 0 Å². The summed E-state index contributed by atoms with van der Waals surface area (Å²) in [7, 11) is 0. The maximum atomic E-state index is 2.53. The van der Waals surface area contributed by atoms with Crippen LogP contribution < -0.4 is 0 Å². The molecule has 0 nitrogen and oxygen atoms in total. The Kier molecular flexibility index (Phi) is 2.54. The lowest BCUT2D eigenvalue weighted by molar-refractivity contribution is 0.519. The van der Waals surface area contributed by atoms with Crippen molar-refractivity contribution >= 4 is 0 Å². The van der Waals surface area contributed by atoms with Crippen molar-refractivity contribution in [2.24, 2.45) is 0 Å². The summed E-state index contributed by atoms with van der Waals surface area (Å²) in [6, 6.07) is 5.05. The van der Waals surface area contributed by atoms with E-state index in [1.54, 1.807) is 16.7 Å². The predicted octanol–water partition coefficient (Wildman–Crippen LogP) is 5.26. The van der Waals surface area contributed by atoms with E-state index in [9.17, 15) is 0 Å². The van der Waals surface area contributed by atoms with Gasteiger partial charge in [0.2, 0.25) is 0 Å². The molecule has 0 N–H and O–H groups in total. The minimum atomic E-state index is 0.258. The van der Waals surface area contributed by atoms with Crippen LogP contribution >= 0.6 is 0 Å². The lowest BCUT2D eigenvalue weighted by atomic mass is 9.77. The Hall–Kier alpha value is -0.780. The third-order valence-electron chi connectivity index (χ3n) is 5.50. The van der Waals surface area contributed by atoms with Gasteiger partial charge >= 0.3 is 0 Å². The number of rotatable bonds is 1. The third-order valence-corrected chi connectivity index (χ3v) is 5.50. The fourth-order valence-electron chi connectivity index (χ4n) is 3.55. The largest absolute Gasteiger partial charge is 0.0561 e. The summed E-state index contributed by atoms with van der Waals surface area (Å²) in [5.74, 6) is 0. The molecule has 0 saturated heterocycles. The zero-order valence-corrected chi connectivity index (χ0v) is 13.5. The lowest BCUT2D eigenvalue weighted by Crippen LogP contribution is -2.18. The van der Waals surface area contributed by atoms with Crippen molar-refractivity contribution in [2.75, 3.05) is 0 Å². The molecule has 19 heavy (non-hydrogen) atoms. The monoisotopic (exact) mass is 256 g/mol. The number of benzene rings is 1. The molecule has 0 spiro atoms. The van der Waals surface area contributed by atoms with Gasteiger partial charge in [0.05, 0.1) is 0 Å². The topological polar surface area (TPSA) is 0 Å². The Morgan fingerprint density at radius 2 is 1.47 bits per heavy atom. The lowest BCUT2D eigenvalue weighted by Gasteiger charge is -2.27. The standard InChI is InChI=1S/C19H28/c1-17(2,3)13-11-15-14(7-8-18(15,4)5)16(12-13)19(6)9-10-19/h11-12H,7-10H2,1-6H3. The first-order valence-corrected chi connectivity index (χ1v) is 7.82. The highest BCUT2D eigenvalue weighted by Gasteiger charge is 2.44. The van der Waals surface area contributed by atoms with Crippen molar-refractivity contribution in [3.63, 3.8) is 0 Å². The van der Waals surface area contributed by atoms with Gasteiger partial charge in [0.25, 0.3) is 0 Å². The van der Waals surface area contributed by atoms with E-state index in [0.29, 0.717) is 10.8 Å². The number of hydrogen-bond acceptors (Lipinski definition) is 0. The van der Waals surface area contributed by atoms with Gasteiger partial charge in [0.15, 0.2) is 0 Å². The van der Waals surface area contributed by atoms with Crippen molar-refractivity contribution in [3.8, 4) is 0 Å². The second-order valence-electron chi connectivity index (χ2n) is 8.74. The Labute approximate surface area is 118 Å². The van der Waals surface area contributed by atoms with Crippen LogP contribution in [-0.4, -0.2) is 0 Å². The summed E-state index contributed by atoms with van der Waals surface area (Å²) in [6.07, 6.45) is 5.37. The van der Waals surface area contributed by atoms with Crippen molar-refractivity contribution < 1.29 is 0 Å². The molecular formula is C19H28. The molecule has 0 heterocycles. The Balaban J connectivity index is 2.23. The van der Waals surface area contributed by atoms with Gasteiger partial charge in [0.1, 0.15) is 0 Å². The van der Waals surface area contributed by atoms with Gasteiger partial charge in [-0.15, -0.1) is 0 Å². The molecule has 1 aromatic carbocycles. The van der Waals surface area contributed by atoms with E-state index in [1.807, 2.05) is 0 Å². The van der Waals surface area contributed by atoms with Crippen molar-refractivity contribution in [3.05, 3.63) is 34.4 Å². The van der Waals surface area contributed by atoms with Crippen LogP contribution in [0.2, 0.25) is 0 Å². The first-order chi connectivity index (χ1) is 8.63. The molecule has 0 radical (unpaired) electrons. The second-order valence-corrected chi connectivity index (χ2v) is 8.74. The third kappa shape index (κ3) is 2.04. The maximum Gasteiger partial charge on any atom is -0.00717 e. The molecule has 0 aromatic heterocycles. The smallest absolute Gasteiger partial charge is 0.00717 e. The normalized spacial score (nSPS) is 23.3. The summed E-state index contributed by atoms with van der Waals surface area (Å²) in [5, 5.41) is 0. The van der Waals surface area contributed by atoms with E-state index in [-0.39, 0.29) is 5.41 Å². The van der Waals surface area contributed by atoms with Gasteiger partial charge in [-0.1, -0.05) is 53.7 Å². The summed E-state index contributed by atoms with van der Waals surface area (Å²) in [5.41, 5.74) is 7.67. The van der Waals surface area contributed by atoms with Gasteiger partial charge in [-0.25, -0.2) is 0 Å². The molecule has 0 unspecified atom stereocenters. The molecule has 2 aliphatic carbocycles. The van der Waals surface area contributed by atoms with Crippen LogP contribution in [-0.2, 0) is 22.7 Å². The van der Waals surface area contributed by atoms with Crippen molar-refractivity contribution in [1.82, 2.24) is 0 Å². The Morgan fingerprint density at radius 1 is 0.895 bits per heavy atom. The predicted molar refractivity (Wildman–Crippen MR) is 83.1 cm³/mol. The maximum absolute atomic E-state index is 2.53. The Morgan fingerprint density at radius 3 is 2.00 bits per heavy atom. The SMILES string of the molecule is CC(C)(C)c1cc2c(c(C3(C)CC3)c1)CCC2(C)C. The van der Waals surface area contributed by atoms with Crippen LogP contribution in [0.3, 0.4) is 0 Å². The molecule has 1 saturated carbocycles. The van der Waals surface area contributed by atoms with Gasteiger partial charge in [-0.05, 0) is 64.2 Å². The van der Waals surface area contributed by atoms with Crippen LogP contribution in [0, 0.1) is 0 Å². The summed E-state index contributed by atoms with van der Waals surface area (Å²) in [6.45, 7) is 14.3. The van der Waals surface area contributed by atoms with E-state index in [2.05, 4.69) is 53.7 Å². The Bertz CT molecular complexity index is 522. The summed E-state index contributed by atoms with van der Waals surface area (Å²) in [4.78, 5) is 0. The first-order valence-electron chi connectivity index (χ1n) is 7.82. The average Bonchev–Trinajstić information content (AvgIpc) is 2.96. The highest BCUT2D eigenvalue weighted by atomic mass is 14.5. The molecule has 1 fully saturated rings. The molecule has 0 atom stereocenters. The number of hydrogen-bond donors (Lipinski definition) is 0. The van der Waals surface area contributed by atoms with E-state index in [1.165, 1.54) is 31.2 Å². The van der Waals surface area contributed by atoms with E-state index in [4.69, 9.17) is 0 Å². The fourth-order valence-corrected chi connectivity index (χ4v) is 3.55. The molecular weight excluding hydrogens is 228 g/mol. The zero-order valence-electron chi connectivity index (χ0n) is 13.5. The van der Waals surface area contributed by atoms with Gasteiger partial charge < -0.3 is 0 Å². The number of fused-ring (bicyclic) bond motifs is 1. The van der Waals surface area contributed by atoms with Crippen LogP contribution in [0.5, 0.6) is 0 Å². The van der Waals surface area contributed by atoms with E-state index >= 15 is 0 Å². The molecule has 0 bridgehead atoms. The quantitative estimate of drug-likeness (QED) is 0.643. The molecule has 0 aliphatic heterocycles. The molecule has 2 aliphatic rings. The molecule has 1 aromatic rings. The van der Waals surface area contributed by atoms with Gasteiger partial charge in [-0.2, -0.15) is 0 Å². The first kappa shape index (κ1) is 13.2. The summed E-state index contributed by atoms with van der Waals surface area (Å²) < 4.78 is 0.